The molecule has 2 fully saturated rings. The van der Waals surface area contributed by atoms with Crippen LogP contribution in [0.2, 0.25) is 0 Å². The Balaban J connectivity index is 1.68. The molecule has 3 aromatic rings. The van der Waals surface area contributed by atoms with Gasteiger partial charge in [-0.05, 0) is 37.5 Å². The number of pyridine rings is 1. The van der Waals surface area contributed by atoms with Crippen molar-refractivity contribution in [2.45, 2.75) is 45.8 Å². The van der Waals surface area contributed by atoms with Crippen LogP contribution in [0.15, 0.2) is 10.6 Å². The zero-order chi connectivity index (χ0) is 21.8. The number of anilines is 1. The number of aryl methyl sites for hydroxylation is 3. The topological polar surface area (TPSA) is 73.5 Å². The van der Waals surface area contributed by atoms with Crippen LogP contribution in [0.3, 0.4) is 0 Å². The number of fused-ring (bicyclic) bond motifs is 1. The third kappa shape index (κ3) is 3.27. The Kier molecular flexibility index (Phi) is 4.90. The summed E-state index contributed by atoms with van der Waals surface area (Å²) in [6, 6.07) is 1.66. The van der Waals surface area contributed by atoms with Crippen molar-refractivity contribution in [1.29, 1.82) is 0 Å². The lowest BCUT2D eigenvalue weighted by molar-refractivity contribution is -0.169. The van der Waals surface area contributed by atoms with E-state index in [0.29, 0.717) is 79.6 Å². The van der Waals surface area contributed by atoms with Crippen molar-refractivity contribution >= 4 is 16.7 Å². The fourth-order valence-corrected chi connectivity index (χ4v) is 4.51. The van der Waals surface area contributed by atoms with Gasteiger partial charge in [-0.1, -0.05) is 12.1 Å². The number of hydrogen-bond donors (Lipinski definition) is 0. The molecule has 7 nitrogen and oxygen atoms in total. The molecule has 0 unspecified atom stereocenters. The molecule has 0 N–H and O–H groups in total. The van der Waals surface area contributed by atoms with Gasteiger partial charge in [0.15, 0.2) is 23.2 Å². The summed E-state index contributed by atoms with van der Waals surface area (Å²) in [5.74, 6) is -1.02. The highest BCUT2D eigenvalue weighted by atomic mass is 19.2. The van der Waals surface area contributed by atoms with E-state index in [0.717, 1.165) is 5.56 Å². The highest BCUT2D eigenvalue weighted by Crippen LogP contribution is 2.40. The number of benzene rings is 1. The zero-order valence-corrected chi connectivity index (χ0v) is 17.8. The molecular weight excluding hydrogens is 406 g/mol. The molecule has 2 saturated heterocycles. The number of piperidine rings is 1. The summed E-state index contributed by atoms with van der Waals surface area (Å²) in [4.78, 5) is 11.0. The summed E-state index contributed by atoms with van der Waals surface area (Å²) < 4.78 is 46.7. The maximum absolute atomic E-state index is 15.0. The van der Waals surface area contributed by atoms with Gasteiger partial charge in [-0.15, -0.1) is 0 Å². The van der Waals surface area contributed by atoms with Gasteiger partial charge in [0, 0.05) is 31.3 Å². The highest BCUT2D eigenvalue weighted by Gasteiger charge is 2.41. The molecule has 0 bridgehead atoms. The van der Waals surface area contributed by atoms with Crippen LogP contribution < -0.4 is 4.90 Å². The van der Waals surface area contributed by atoms with Gasteiger partial charge in [0.1, 0.15) is 11.3 Å². The molecule has 0 amide bonds. The first-order valence-corrected chi connectivity index (χ1v) is 10.6. The molecule has 4 heterocycles. The van der Waals surface area contributed by atoms with Gasteiger partial charge in [-0.3, -0.25) is 0 Å². The van der Waals surface area contributed by atoms with Crippen LogP contribution in [0.25, 0.3) is 22.4 Å². The molecule has 164 valence electrons. The lowest BCUT2D eigenvalue weighted by atomic mass is 9.98. The largest absolute Gasteiger partial charge is 0.356 e. The summed E-state index contributed by atoms with van der Waals surface area (Å²) in [5.41, 5.74) is 1.69. The van der Waals surface area contributed by atoms with E-state index in [1.807, 2.05) is 11.8 Å². The number of ether oxygens (including phenoxy) is 2. The summed E-state index contributed by atoms with van der Waals surface area (Å²) in [5, 5.41) is 4.46. The number of rotatable bonds is 3. The third-order valence-electron chi connectivity index (χ3n) is 6.24. The summed E-state index contributed by atoms with van der Waals surface area (Å²) in [7, 11) is 0. The Bertz CT molecular complexity index is 1150. The summed E-state index contributed by atoms with van der Waals surface area (Å²) >= 11 is 0. The standard InChI is InChI=1S/C22H24F2N4O3/c1-4-14-11-15-12(2)16(21-25-13(3)27-31-21)20(26-19(15)18(24)17(14)23)28-7-5-22(6-8-28)29-9-10-30-22/h11H,4-10H2,1-3H3. The fourth-order valence-electron chi connectivity index (χ4n) is 4.51. The fraction of sp³-hybridized carbons (Fsp3) is 0.500. The average molecular weight is 430 g/mol. The molecule has 9 heteroatoms. The van der Waals surface area contributed by atoms with Crippen molar-refractivity contribution in [1.82, 2.24) is 15.1 Å². The predicted octanol–water partition coefficient (Wildman–Crippen LogP) is 4.09. The van der Waals surface area contributed by atoms with Gasteiger partial charge < -0.3 is 18.9 Å². The zero-order valence-electron chi connectivity index (χ0n) is 17.8. The van der Waals surface area contributed by atoms with Crippen LogP contribution >= 0.6 is 0 Å². The first kappa shape index (κ1) is 20.3. The molecule has 0 aliphatic carbocycles. The van der Waals surface area contributed by atoms with E-state index >= 15 is 4.39 Å². The Hall–Kier alpha value is -2.65. The van der Waals surface area contributed by atoms with Crippen molar-refractivity contribution < 1.29 is 22.8 Å². The Morgan fingerprint density at radius 2 is 1.77 bits per heavy atom. The summed E-state index contributed by atoms with van der Waals surface area (Å²) in [6.07, 6.45) is 1.68. The van der Waals surface area contributed by atoms with E-state index in [2.05, 4.69) is 15.1 Å². The summed E-state index contributed by atoms with van der Waals surface area (Å²) in [6.45, 7) is 7.74. The van der Waals surface area contributed by atoms with E-state index in [1.54, 1.807) is 19.9 Å². The molecule has 2 aliphatic heterocycles. The quantitative estimate of drug-likeness (QED) is 0.620. The van der Waals surface area contributed by atoms with Crippen LogP contribution in [0, 0.1) is 25.5 Å². The van der Waals surface area contributed by atoms with Gasteiger partial charge in [-0.25, -0.2) is 13.8 Å². The minimum atomic E-state index is -0.928. The van der Waals surface area contributed by atoms with Crippen molar-refractivity contribution in [3.05, 3.63) is 34.7 Å². The van der Waals surface area contributed by atoms with Crippen LogP contribution in [0.4, 0.5) is 14.6 Å². The smallest absolute Gasteiger partial charge is 0.261 e. The third-order valence-corrected chi connectivity index (χ3v) is 6.24. The minimum absolute atomic E-state index is 0.0100. The van der Waals surface area contributed by atoms with Gasteiger partial charge in [-0.2, -0.15) is 4.98 Å². The van der Waals surface area contributed by atoms with Gasteiger partial charge >= 0.3 is 0 Å². The molecule has 1 spiro atoms. The van der Waals surface area contributed by atoms with E-state index in [1.165, 1.54) is 0 Å². The first-order chi connectivity index (χ1) is 14.9. The SMILES string of the molecule is CCc1cc2c(C)c(-c3nc(C)no3)c(N3CCC4(CC3)OCCO4)nc2c(F)c1F. The van der Waals surface area contributed by atoms with Crippen molar-refractivity contribution in [2.24, 2.45) is 0 Å². The molecule has 2 aromatic heterocycles. The molecule has 2 aliphatic rings. The lowest BCUT2D eigenvalue weighted by Gasteiger charge is -2.38. The maximum Gasteiger partial charge on any atom is 0.261 e. The second kappa shape index (κ2) is 7.49. The number of aromatic nitrogens is 3. The van der Waals surface area contributed by atoms with Gasteiger partial charge in [0.05, 0.1) is 18.8 Å². The van der Waals surface area contributed by atoms with Crippen molar-refractivity contribution in [2.75, 3.05) is 31.2 Å². The molecular formula is C22H24F2N4O3. The van der Waals surface area contributed by atoms with Crippen molar-refractivity contribution in [3.8, 4) is 11.5 Å². The molecule has 0 saturated carbocycles. The molecule has 0 atom stereocenters. The first-order valence-electron chi connectivity index (χ1n) is 10.6. The number of nitrogens with zero attached hydrogens (tertiary/aromatic N) is 4. The highest BCUT2D eigenvalue weighted by molar-refractivity contribution is 5.93. The van der Waals surface area contributed by atoms with E-state index in [4.69, 9.17) is 14.0 Å². The van der Waals surface area contributed by atoms with E-state index < -0.39 is 17.4 Å². The van der Waals surface area contributed by atoms with E-state index in [-0.39, 0.29) is 5.52 Å². The lowest BCUT2D eigenvalue weighted by Crippen LogP contribution is -2.45. The monoisotopic (exact) mass is 430 g/mol. The second-order valence-corrected chi connectivity index (χ2v) is 8.09. The second-order valence-electron chi connectivity index (χ2n) is 8.09. The van der Waals surface area contributed by atoms with Crippen LogP contribution in [0.1, 0.15) is 36.7 Å². The Morgan fingerprint density at radius 1 is 1.06 bits per heavy atom. The Morgan fingerprint density at radius 3 is 2.39 bits per heavy atom. The number of hydrogen-bond acceptors (Lipinski definition) is 7. The normalized spacial score (nSPS) is 18.4. The molecule has 5 rings (SSSR count). The predicted molar refractivity (Wildman–Crippen MR) is 110 cm³/mol. The minimum Gasteiger partial charge on any atom is -0.356 e. The van der Waals surface area contributed by atoms with Crippen LogP contribution in [-0.2, 0) is 15.9 Å². The molecule has 0 radical (unpaired) electrons. The molecule has 31 heavy (non-hydrogen) atoms. The average Bonchev–Trinajstić information content (AvgIpc) is 3.40. The van der Waals surface area contributed by atoms with Gasteiger partial charge in [0.25, 0.3) is 5.89 Å². The van der Waals surface area contributed by atoms with Crippen molar-refractivity contribution in [3.63, 3.8) is 0 Å². The van der Waals surface area contributed by atoms with Gasteiger partial charge in [0.2, 0.25) is 0 Å². The van der Waals surface area contributed by atoms with Crippen LogP contribution in [0.5, 0.6) is 0 Å². The molecule has 1 aromatic carbocycles. The maximum atomic E-state index is 15.0. The Labute approximate surface area is 178 Å². The number of halogens is 2. The van der Waals surface area contributed by atoms with Crippen LogP contribution in [-0.4, -0.2) is 47.2 Å². The van der Waals surface area contributed by atoms with E-state index in [9.17, 15) is 4.39 Å².